The van der Waals surface area contributed by atoms with Crippen molar-refractivity contribution in [3.8, 4) is 0 Å². The summed E-state index contributed by atoms with van der Waals surface area (Å²) in [5.41, 5.74) is 3.91. The Morgan fingerprint density at radius 2 is 1.66 bits per heavy atom. The van der Waals surface area contributed by atoms with Gasteiger partial charge in [-0.25, -0.2) is 14.8 Å². The smallest absolute Gasteiger partial charge is 0.258 e. The number of likely N-dealkylation sites (tertiary alicyclic amines) is 1. The molecule has 8 nitrogen and oxygen atoms in total. The van der Waals surface area contributed by atoms with E-state index in [4.69, 9.17) is 11.6 Å². The summed E-state index contributed by atoms with van der Waals surface area (Å²) in [6.07, 6.45) is 0. The van der Waals surface area contributed by atoms with Crippen LogP contribution in [0.15, 0.2) is 48.5 Å². The van der Waals surface area contributed by atoms with Gasteiger partial charge >= 0.3 is 0 Å². The highest BCUT2D eigenvalue weighted by molar-refractivity contribution is 6.33. The van der Waals surface area contributed by atoms with Crippen molar-refractivity contribution in [1.29, 1.82) is 0 Å². The molecule has 3 fully saturated rings. The average molecular weight is 500 g/mol. The quantitative estimate of drug-likeness (QED) is 0.697. The van der Waals surface area contributed by atoms with Crippen molar-refractivity contribution < 1.29 is 18.8 Å². The van der Waals surface area contributed by atoms with Crippen LogP contribution < -0.4 is 10.4 Å². The Kier molecular flexibility index (Phi) is 6.48. The van der Waals surface area contributed by atoms with E-state index in [2.05, 4.69) is 5.43 Å². The molecule has 0 spiro atoms. The SMILES string of the molecule is CN1CC(C(=O)N2CCN(C(=O)c3c(F)cccc3Cl)CC2)C2NN(c3ccccc3)C(=O)C2C1. The number of benzene rings is 2. The largest absolute Gasteiger partial charge is 0.339 e. The van der Waals surface area contributed by atoms with Crippen molar-refractivity contribution in [2.75, 3.05) is 51.3 Å². The Morgan fingerprint density at radius 3 is 2.34 bits per heavy atom. The molecular weight excluding hydrogens is 473 g/mol. The maximum absolute atomic E-state index is 14.2. The first-order chi connectivity index (χ1) is 16.8. The fourth-order valence-corrected chi connectivity index (χ4v) is 5.52. The van der Waals surface area contributed by atoms with E-state index in [0.717, 1.165) is 5.69 Å². The second-order valence-corrected chi connectivity index (χ2v) is 9.72. The van der Waals surface area contributed by atoms with Gasteiger partial charge in [0.05, 0.1) is 34.2 Å². The van der Waals surface area contributed by atoms with Gasteiger partial charge in [-0.05, 0) is 31.3 Å². The first-order valence-corrected chi connectivity index (χ1v) is 12.1. The molecule has 0 aliphatic carbocycles. The van der Waals surface area contributed by atoms with Crippen LogP contribution in [0.2, 0.25) is 5.02 Å². The molecule has 3 amide bonds. The number of piperazine rings is 1. The molecule has 5 rings (SSSR count). The minimum absolute atomic E-state index is 0.0391. The molecule has 3 aliphatic rings. The van der Waals surface area contributed by atoms with Gasteiger partial charge in [0.1, 0.15) is 5.82 Å². The van der Waals surface area contributed by atoms with Crippen molar-refractivity contribution in [2.45, 2.75) is 6.04 Å². The number of carbonyl (C=O) groups excluding carboxylic acids is 3. The van der Waals surface area contributed by atoms with Crippen molar-refractivity contribution in [1.82, 2.24) is 20.1 Å². The number of hydrogen-bond donors (Lipinski definition) is 1. The third-order valence-electron chi connectivity index (χ3n) is 7.09. The van der Waals surface area contributed by atoms with Crippen LogP contribution in [0.1, 0.15) is 10.4 Å². The zero-order valence-corrected chi connectivity index (χ0v) is 20.1. The van der Waals surface area contributed by atoms with Crippen LogP contribution in [-0.4, -0.2) is 84.8 Å². The molecule has 3 saturated heterocycles. The monoisotopic (exact) mass is 499 g/mol. The van der Waals surface area contributed by atoms with Gasteiger partial charge in [0.2, 0.25) is 11.8 Å². The van der Waals surface area contributed by atoms with Gasteiger partial charge in [0, 0.05) is 39.3 Å². The molecule has 0 saturated carbocycles. The molecule has 2 aromatic carbocycles. The Morgan fingerprint density at radius 1 is 0.971 bits per heavy atom. The summed E-state index contributed by atoms with van der Waals surface area (Å²) in [6, 6.07) is 13.2. The number of piperidine rings is 1. The van der Waals surface area contributed by atoms with Gasteiger partial charge in [-0.1, -0.05) is 35.9 Å². The summed E-state index contributed by atoms with van der Waals surface area (Å²) >= 11 is 6.06. The summed E-state index contributed by atoms with van der Waals surface area (Å²) < 4.78 is 14.2. The molecule has 1 N–H and O–H groups in total. The minimum atomic E-state index is -0.655. The summed E-state index contributed by atoms with van der Waals surface area (Å²) in [6.45, 7) is 2.36. The topological polar surface area (TPSA) is 76.2 Å². The third kappa shape index (κ3) is 4.39. The zero-order chi connectivity index (χ0) is 24.7. The lowest BCUT2D eigenvalue weighted by Gasteiger charge is -2.41. The van der Waals surface area contributed by atoms with Crippen LogP contribution in [0.4, 0.5) is 10.1 Å². The van der Waals surface area contributed by atoms with Crippen molar-refractivity contribution in [3.05, 3.63) is 64.9 Å². The molecular formula is C25H27ClFN5O3. The van der Waals surface area contributed by atoms with Gasteiger partial charge in [0.25, 0.3) is 5.91 Å². The van der Waals surface area contributed by atoms with E-state index in [0.29, 0.717) is 26.2 Å². The summed E-state index contributed by atoms with van der Waals surface area (Å²) in [5, 5.41) is 1.63. The standard InChI is InChI=1S/C25H27ClFN5O3/c1-29-14-17(22-18(15-29)24(34)32(28-22)16-6-3-2-4-7-16)23(33)30-10-12-31(13-11-30)25(35)21-19(26)8-5-9-20(21)27/h2-9,17-18,22,28H,10-15H2,1H3. The van der Waals surface area contributed by atoms with E-state index in [1.807, 2.05) is 42.3 Å². The summed E-state index contributed by atoms with van der Waals surface area (Å²) in [7, 11) is 1.92. The zero-order valence-electron chi connectivity index (χ0n) is 19.4. The van der Waals surface area contributed by atoms with Crippen LogP contribution in [0.3, 0.4) is 0 Å². The highest BCUT2D eigenvalue weighted by atomic mass is 35.5. The molecule has 3 atom stereocenters. The van der Waals surface area contributed by atoms with E-state index < -0.39 is 17.6 Å². The Bertz CT molecular complexity index is 1120. The van der Waals surface area contributed by atoms with Crippen molar-refractivity contribution >= 4 is 35.0 Å². The maximum atomic E-state index is 14.2. The summed E-state index contributed by atoms with van der Waals surface area (Å²) in [4.78, 5) is 44.9. The molecule has 3 aliphatic heterocycles. The maximum Gasteiger partial charge on any atom is 0.258 e. The highest BCUT2D eigenvalue weighted by Crippen LogP contribution is 2.32. The Balaban J connectivity index is 1.27. The number of hydrogen-bond acceptors (Lipinski definition) is 5. The van der Waals surface area contributed by atoms with Gasteiger partial charge in [0.15, 0.2) is 0 Å². The second kappa shape index (κ2) is 9.56. The van der Waals surface area contributed by atoms with Gasteiger partial charge < -0.3 is 14.7 Å². The molecule has 3 heterocycles. The van der Waals surface area contributed by atoms with Crippen LogP contribution >= 0.6 is 11.6 Å². The molecule has 0 radical (unpaired) electrons. The number of hydrazine groups is 1. The van der Waals surface area contributed by atoms with Crippen molar-refractivity contribution in [3.63, 3.8) is 0 Å². The number of halogens is 2. The minimum Gasteiger partial charge on any atom is -0.339 e. The first-order valence-electron chi connectivity index (χ1n) is 11.7. The normalized spacial score (nSPS) is 25.1. The van der Waals surface area contributed by atoms with Gasteiger partial charge in [-0.3, -0.25) is 14.4 Å². The number of carbonyl (C=O) groups is 3. The van der Waals surface area contributed by atoms with E-state index in [1.54, 1.807) is 9.91 Å². The number of rotatable bonds is 3. The predicted octanol–water partition coefficient (Wildman–Crippen LogP) is 1.86. The molecule has 10 heteroatoms. The fraction of sp³-hybridized carbons (Fsp3) is 0.400. The lowest BCUT2D eigenvalue weighted by atomic mass is 9.84. The van der Waals surface area contributed by atoms with Crippen LogP contribution in [0.25, 0.3) is 0 Å². The highest BCUT2D eigenvalue weighted by Gasteiger charge is 2.51. The fourth-order valence-electron chi connectivity index (χ4n) is 5.28. The second-order valence-electron chi connectivity index (χ2n) is 9.31. The number of nitrogens with one attached hydrogen (secondary N) is 1. The Labute approximate surface area is 208 Å². The van der Waals surface area contributed by atoms with Gasteiger partial charge in [-0.15, -0.1) is 0 Å². The number of para-hydroxylation sites is 1. The molecule has 184 valence electrons. The van der Waals surface area contributed by atoms with Crippen LogP contribution in [0.5, 0.6) is 0 Å². The number of amides is 3. The average Bonchev–Trinajstić information content (AvgIpc) is 3.19. The van der Waals surface area contributed by atoms with Crippen molar-refractivity contribution in [2.24, 2.45) is 11.8 Å². The van der Waals surface area contributed by atoms with Crippen LogP contribution in [0, 0.1) is 17.7 Å². The lowest BCUT2D eigenvalue weighted by Crippen LogP contribution is -2.59. The third-order valence-corrected chi connectivity index (χ3v) is 7.40. The molecule has 3 unspecified atom stereocenters. The molecule has 0 bridgehead atoms. The van der Waals surface area contributed by atoms with Crippen LogP contribution in [-0.2, 0) is 9.59 Å². The van der Waals surface area contributed by atoms with E-state index in [-0.39, 0.29) is 47.4 Å². The first kappa shape index (κ1) is 23.7. The van der Waals surface area contributed by atoms with Gasteiger partial charge in [-0.2, -0.15) is 0 Å². The molecule has 0 aromatic heterocycles. The Hall–Kier alpha value is -3.01. The summed E-state index contributed by atoms with van der Waals surface area (Å²) in [5.74, 6) is -1.94. The number of nitrogens with zero attached hydrogens (tertiary/aromatic N) is 4. The van der Waals surface area contributed by atoms with E-state index in [9.17, 15) is 18.8 Å². The van der Waals surface area contributed by atoms with E-state index >= 15 is 0 Å². The lowest BCUT2D eigenvalue weighted by molar-refractivity contribution is -0.140. The molecule has 35 heavy (non-hydrogen) atoms. The van der Waals surface area contributed by atoms with E-state index in [1.165, 1.54) is 23.1 Å². The number of fused-ring (bicyclic) bond motifs is 1. The molecule has 2 aromatic rings. The number of anilines is 1. The predicted molar refractivity (Wildman–Crippen MR) is 129 cm³/mol.